The SMILES string of the molecule is O=C(Nc1ccc2ccccc2c1)c1cccc(Br)c1. The van der Waals surface area contributed by atoms with Crippen molar-refractivity contribution in [3.8, 4) is 0 Å². The van der Waals surface area contributed by atoms with E-state index in [4.69, 9.17) is 0 Å². The largest absolute Gasteiger partial charge is 0.322 e. The molecule has 98 valence electrons. The average molecular weight is 326 g/mol. The van der Waals surface area contributed by atoms with Crippen LogP contribution < -0.4 is 5.32 Å². The number of hydrogen-bond acceptors (Lipinski definition) is 1. The van der Waals surface area contributed by atoms with E-state index in [0.717, 1.165) is 20.9 Å². The highest BCUT2D eigenvalue weighted by Crippen LogP contribution is 2.20. The molecule has 0 atom stereocenters. The van der Waals surface area contributed by atoms with Crippen molar-refractivity contribution in [3.63, 3.8) is 0 Å². The Morgan fingerprint density at radius 1 is 0.850 bits per heavy atom. The minimum Gasteiger partial charge on any atom is -0.322 e. The summed E-state index contributed by atoms with van der Waals surface area (Å²) in [5.74, 6) is -0.110. The molecule has 1 N–H and O–H groups in total. The number of halogens is 1. The lowest BCUT2D eigenvalue weighted by Crippen LogP contribution is -2.11. The van der Waals surface area contributed by atoms with Crippen molar-refractivity contribution >= 4 is 38.3 Å². The predicted molar refractivity (Wildman–Crippen MR) is 86.0 cm³/mol. The van der Waals surface area contributed by atoms with Crippen molar-refractivity contribution in [3.05, 3.63) is 76.8 Å². The molecule has 3 aromatic rings. The molecule has 20 heavy (non-hydrogen) atoms. The van der Waals surface area contributed by atoms with E-state index in [1.165, 1.54) is 0 Å². The maximum atomic E-state index is 12.2. The van der Waals surface area contributed by atoms with Crippen molar-refractivity contribution in [1.82, 2.24) is 0 Å². The summed E-state index contributed by atoms with van der Waals surface area (Å²) in [5.41, 5.74) is 1.43. The van der Waals surface area contributed by atoms with E-state index in [1.807, 2.05) is 48.5 Å². The molecule has 0 saturated carbocycles. The fourth-order valence-corrected chi connectivity index (χ4v) is 2.50. The van der Waals surface area contributed by atoms with Gasteiger partial charge in [0.1, 0.15) is 0 Å². The molecule has 0 bridgehead atoms. The molecule has 0 heterocycles. The third-order valence-electron chi connectivity index (χ3n) is 3.09. The first kappa shape index (κ1) is 12.9. The van der Waals surface area contributed by atoms with Gasteiger partial charge in [-0.2, -0.15) is 0 Å². The minimum absolute atomic E-state index is 0.110. The Morgan fingerprint density at radius 3 is 2.45 bits per heavy atom. The molecule has 3 aromatic carbocycles. The number of carbonyl (C=O) groups is 1. The van der Waals surface area contributed by atoms with Crippen molar-refractivity contribution in [2.24, 2.45) is 0 Å². The smallest absolute Gasteiger partial charge is 0.255 e. The molecule has 2 nitrogen and oxygen atoms in total. The first-order valence-electron chi connectivity index (χ1n) is 6.28. The molecule has 3 rings (SSSR count). The second-order valence-corrected chi connectivity index (χ2v) is 5.44. The molecular formula is C17H12BrNO. The molecule has 0 unspecified atom stereocenters. The number of fused-ring (bicyclic) bond motifs is 1. The van der Waals surface area contributed by atoms with Crippen molar-refractivity contribution in [2.45, 2.75) is 0 Å². The van der Waals surface area contributed by atoms with Gasteiger partial charge >= 0.3 is 0 Å². The van der Waals surface area contributed by atoms with Gasteiger partial charge in [0, 0.05) is 15.7 Å². The third-order valence-corrected chi connectivity index (χ3v) is 3.59. The molecular weight excluding hydrogens is 314 g/mol. The normalized spacial score (nSPS) is 10.4. The van der Waals surface area contributed by atoms with E-state index in [-0.39, 0.29) is 5.91 Å². The zero-order valence-corrected chi connectivity index (χ0v) is 12.2. The van der Waals surface area contributed by atoms with Crippen LogP contribution >= 0.6 is 15.9 Å². The Labute approximate surface area is 125 Å². The average Bonchev–Trinajstić information content (AvgIpc) is 2.47. The van der Waals surface area contributed by atoms with Gasteiger partial charge in [0.25, 0.3) is 5.91 Å². The Bertz CT molecular complexity index is 783. The summed E-state index contributed by atoms with van der Waals surface area (Å²) in [4.78, 5) is 12.2. The Kier molecular flexibility index (Phi) is 3.52. The first-order chi connectivity index (χ1) is 9.72. The van der Waals surface area contributed by atoms with E-state index in [1.54, 1.807) is 12.1 Å². The monoisotopic (exact) mass is 325 g/mol. The van der Waals surface area contributed by atoms with Gasteiger partial charge in [0.05, 0.1) is 0 Å². The number of nitrogens with one attached hydrogen (secondary N) is 1. The summed E-state index contributed by atoms with van der Waals surface area (Å²) in [5, 5.41) is 5.19. The van der Waals surface area contributed by atoms with E-state index in [0.29, 0.717) is 5.56 Å². The summed E-state index contributed by atoms with van der Waals surface area (Å²) in [6.45, 7) is 0. The Hall–Kier alpha value is -2.13. The molecule has 0 aliphatic rings. The van der Waals surface area contributed by atoms with Gasteiger partial charge in [-0.15, -0.1) is 0 Å². The summed E-state index contributed by atoms with van der Waals surface area (Å²) in [7, 11) is 0. The minimum atomic E-state index is -0.110. The van der Waals surface area contributed by atoms with Crippen LogP contribution in [0.3, 0.4) is 0 Å². The van der Waals surface area contributed by atoms with Crippen molar-refractivity contribution in [1.29, 1.82) is 0 Å². The maximum Gasteiger partial charge on any atom is 0.255 e. The van der Waals surface area contributed by atoms with Gasteiger partial charge in [-0.1, -0.05) is 52.3 Å². The second-order valence-electron chi connectivity index (χ2n) is 4.53. The van der Waals surface area contributed by atoms with E-state index < -0.39 is 0 Å². The van der Waals surface area contributed by atoms with Gasteiger partial charge < -0.3 is 5.32 Å². The standard InChI is InChI=1S/C17H12BrNO/c18-15-7-3-6-14(10-15)17(20)19-16-9-8-12-4-1-2-5-13(12)11-16/h1-11H,(H,19,20). The Balaban J connectivity index is 1.87. The van der Waals surface area contributed by atoms with Crippen LogP contribution in [0.1, 0.15) is 10.4 Å². The number of carbonyl (C=O) groups excluding carboxylic acids is 1. The fourth-order valence-electron chi connectivity index (χ4n) is 2.10. The van der Waals surface area contributed by atoms with Crippen LogP contribution in [0.15, 0.2) is 71.2 Å². The highest BCUT2D eigenvalue weighted by molar-refractivity contribution is 9.10. The number of anilines is 1. The van der Waals surface area contributed by atoms with E-state index in [9.17, 15) is 4.79 Å². The number of rotatable bonds is 2. The lowest BCUT2D eigenvalue weighted by Gasteiger charge is -2.07. The third kappa shape index (κ3) is 2.73. The molecule has 1 amide bonds. The summed E-state index contributed by atoms with van der Waals surface area (Å²) >= 11 is 3.37. The molecule has 0 aromatic heterocycles. The molecule has 3 heteroatoms. The summed E-state index contributed by atoms with van der Waals surface area (Å²) in [6, 6.07) is 21.3. The van der Waals surface area contributed by atoms with Gasteiger partial charge in [-0.05, 0) is 41.1 Å². The summed E-state index contributed by atoms with van der Waals surface area (Å²) in [6.07, 6.45) is 0. The van der Waals surface area contributed by atoms with Gasteiger partial charge in [-0.3, -0.25) is 4.79 Å². The molecule has 0 aliphatic heterocycles. The maximum absolute atomic E-state index is 12.2. The topological polar surface area (TPSA) is 29.1 Å². The number of hydrogen-bond donors (Lipinski definition) is 1. The highest BCUT2D eigenvalue weighted by Gasteiger charge is 2.06. The van der Waals surface area contributed by atoms with Crippen LogP contribution in [0.2, 0.25) is 0 Å². The number of benzene rings is 3. The number of amides is 1. The van der Waals surface area contributed by atoms with Gasteiger partial charge in [-0.25, -0.2) is 0 Å². The second kappa shape index (κ2) is 5.47. The van der Waals surface area contributed by atoms with E-state index >= 15 is 0 Å². The van der Waals surface area contributed by atoms with Crippen LogP contribution in [0.5, 0.6) is 0 Å². The zero-order valence-electron chi connectivity index (χ0n) is 10.6. The van der Waals surface area contributed by atoms with Crippen molar-refractivity contribution < 1.29 is 4.79 Å². The van der Waals surface area contributed by atoms with Gasteiger partial charge in [0.15, 0.2) is 0 Å². The zero-order chi connectivity index (χ0) is 13.9. The van der Waals surface area contributed by atoms with Crippen molar-refractivity contribution in [2.75, 3.05) is 5.32 Å². The molecule has 0 aliphatic carbocycles. The quantitative estimate of drug-likeness (QED) is 0.716. The fraction of sp³-hybridized carbons (Fsp3) is 0. The Morgan fingerprint density at radius 2 is 1.65 bits per heavy atom. The lowest BCUT2D eigenvalue weighted by molar-refractivity contribution is 0.102. The van der Waals surface area contributed by atoms with Crippen LogP contribution in [0, 0.1) is 0 Å². The molecule has 0 radical (unpaired) electrons. The first-order valence-corrected chi connectivity index (χ1v) is 7.07. The van der Waals surface area contributed by atoms with Crippen LogP contribution in [-0.4, -0.2) is 5.91 Å². The highest BCUT2D eigenvalue weighted by atomic mass is 79.9. The lowest BCUT2D eigenvalue weighted by atomic mass is 10.1. The van der Waals surface area contributed by atoms with E-state index in [2.05, 4.69) is 27.3 Å². The van der Waals surface area contributed by atoms with Gasteiger partial charge in [0.2, 0.25) is 0 Å². The predicted octanol–water partition coefficient (Wildman–Crippen LogP) is 4.85. The summed E-state index contributed by atoms with van der Waals surface area (Å²) < 4.78 is 0.892. The van der Waals surface area contributed by atoms with Crippen LogP contribution in [0.4, 0.5) is 5.69 Å². The van der Waals surface area contributed by atoms with Crippen LogP contribution in [0.25, 0.3) is 10.8 Å². The molecule has 0 saturated heterocycles. The molecule has 0 spiro atoms. The molecule has 0 fully saturated rings. The van der Waals surface area contributed by atoms with Crippen LogP contribution in [-0.2, 0) is 0 Å².